The van der Waals surface area contributed by atoms with Crippen molar-refractivity contribution in [3.8, 4) is 0 Å². The van der Waals surface area contributed by atoms with E-state index in [1.54, 1.807) is 37.3 Å². The second kappa shape index (κ2) is 7.49. The highest BCUT2D eigenvalue weighted by Gasteiger charge is 2.36. The molecular weight excluding hydrogens is 469 g/mol. The normalized spacial score (nSPS) is 14.8. The third-order valence-electron chi connectivity index (χ3n) is 4.94. The van der Waals surface area contributed by atoms with Crippen LogP contribution in [0.3, 0.4) is 0 Å². The molecule has 1 heterocycles. The number of anilines is 2. The molecule has 0 saturated carbocycles. The van der Waals surface area contributed by atoms with E-state index in [0.717, 1.165) is 22.2 Å². The number of aryl methyl sites for hydroxylation is 2. The maximum absolute atomic E-state index is 14.0. The number of sulfone groups is 1. The first-order chi connectivity index (χ1) is 14.2. The SMILES string of the molecule is Cc1ccc(C(=O)C2=CN(c3cccc(Br)c3)c3cc(F)ccc3S2(=O)=O)c(C)c1. The molecule has 0 aromatic heterocycles. The van der Waals surface area contributed by atoms with Crippen LogP contribution in [0.25, 0.3) is 0 Å². The van der Waals surface area contributed by atoms with Gasteiger partial charge in [-0.25, -0.2) is 12.8 Å². The van der Waals surface area contributed by atoms with Gasteiger partial charge in [-0.05, 0) is 55.8 Å². The van der Waals surface area contributed by atoms with Crippen LogP contribution in [0.1, 0.15) is 21.5 Å². The molecule has 1 aliphatic rings. The minimum atomic E-state index is -4.13. The molecule has 0 unspecified atom stereocenters. The molecule has 0 amide bonds. The van der Waals surface area contributed by atoms with Crippen molar-refractivity contribution in [2.45, 2.75) is 18.7 Å². The summed E-state index contributed by atoms with van der Waals surface area (Å²) in [5.74, 6) is -1.16. The minimum absolute atomic E-state index is 0.112. The van der Waals surface area contributed by atoms with Gasteiger partial charge in [0, 0.05) is 21.9 Å². The van der Waals surface area contributed by atoms with E-state index in [9.17, 15) is 17.6 Å². The number of carbonyl (C=O) groups is 1. The maximum Gasteiger partial charge on any atom is 0.214 e. The molecule has 4 rings (SSSR count). The van der Waals surface area contributed by atoms with Crippen molar-refractivity contribution in [3.05, 3.63) is 98.7 Å². The first kappa shape index (κ1) is 20.5. The smallest absolute Gasteiger partial charge is 0.214 e. The number of allylic oxidation sites excluding steroid dienone is 1. The fourth-order valence-corrected chi connectivity index (χ4v) is 5.40. The maximum atomic E-state index is 14.0. The number of Topliss-reactive ketones (excluding diaryl/α,β-unsaturated/α-hetero) is 1. The van der Waals surface area contributed by atoms with E-state index in [1.165, 1.54) is 17.2 Å². The van der Waals surface area contributed by atoms with Crippen molar-refractivity contribution in [3.63, 3.8) is 0 Å². The topological polar surface area (TPSA) is 54.5 Å². The fourth-order valence-electron chi connectivity index (χ4n) is 3.50. The van der Waals surface area contributed by atoms with Gasteiger partial charge in [0.25, 0.3) is 0 Å². The molecule has 7 heteroatoms. The van der Waals surface area contributed by atoms with Gasteiger partial charge in [-0.3, -0.25) is 4.79 Å². The molecule has 0 radical (unpaired) electrons. The predicted octanol–water partition coefficient (Wildman–Crippen LogP) is 5.85. The van der Waals surface area contributed by atoms with E-state index < -0.39 is 21.4 Å². The summed E-state index contributed by atoms with van der Waals surface area (Å²) in [5, 5.41) is 0. The average molecular weight is 486 g/mol. The molecule has 0 saturated heterocycles. The fraction of sp³-hybridized carbons (Fsp3) is 0.0870. The first-order valence-electron chi connectivity index (χ1n) is 9.12. The molecule has 0 aliphatic carbocycles. The molecule has 3 aromatic carbocycles. The Bertz CT molecular complexity index is 1330. The van der Waals surface area contributed by atoms with Crippen LogP contribution < -0.4 is 4.90 Å². The average Bonchev–Trinajstić information content (AvgIpc) is 2.67. The van der Waals surface area contributed by atoms with Gasteiger partial charge in [0.2, 0.25) is 15.6 Å². The van der Waals surface area contributed by atoms with Crippen molar-refractivity contribution < 1.29 is 17.6 Å². The summed E-state index contributed by atoms with van der Waals surface area (Å²) in [6, 6.07) is 15.8. The highest BCUT2D eigenvalue weighted by atomic mass is 79.9. The van der Waals surface area contributed by atoms with Gasteiger partial charge in [-0.2, -0.15) is 0 Å². The second-order valence-electron chi connectivity index (χ2n) is 7.11. The zero-order valence-corrected chi connectivity index (χ0v) is 18.6. The third kappa shape index (κ3) is 3.48. The molecular formula is C23H17BrFNO3S. The van der Waals surface area contributed by atoms with Crippen molar-refractivity contribution in [1.82, 2.24) is 0 Å². The van der Waals surface area contributed by atoms with E-state index >= 15 is 0 Å². The summed E-state index contributed by atoms with van der Waals surface area (Å²) in [6.45, 7) is 3.67. The number of benzene rings is 3. The zero-order chi connectivity index (χ0) is 21.6. The van der Waals surface area contributed by atoms with Crippen LogP contribution in [0.4, 0.5) is 15.8 Å². The van der Waals surface area contributed by atoms with Gasteiger partial charge in [-0.15, -0.1) is 0 Å². The van der Waals surface area contributed by atoms with Crippen molar-refractivity contribution in [2.24, 2.45) is 0 Å². The number of hydrogen-bond donors (Lipinski definition) is 0. The standard InChI is InChI=1S/C23H17BrFNO3S/c1-14-6-8-19(15(2)10-14)23(27)22-13-26(18-5-3-4-16(24)11-18)20-12-17(25)7-9-21(20)30(22,28)29/h3-13H,1-2H3. The molecule has 30 heavy (non-hydrogen) atoms. The van der Waals surface area contributed by atoms with Gasteiger partial charge in [-0.1, -0.05) is 45.8 Å². The highest BCUT2D eigenvalue weighted by Crippen LogP contribution is 2.41. The highest BCUT2D eigenvalue weighted by molar-refractivity contribution is 9.10. The number of halogens is 2. The van der Waals surface area contributed by atoms with Crippen LogP contribution in [0.2, 0.25) is 0 Å². The summed E-state index contributed by atoms with van der Waals surface area (Å²) in [7, 11) is -4.13. The lowest BCUT2D eigenvalue weighted by Gasteiger charge is -2.29. The lowest BCUT2D eigenvalue weighted by Crippen LogP contribution is -2.26. The number of rotatable bonds is 3. The van der Waals surface area contributed by atoms with E-state index in [0.29, 0.717) is 16.8 Å². The summed E-state index contributed by atoms with van der Waals surface area (Å²) in [4.78, 5) is 14.4. The summed E-state index contributed by atoms with van der Waals surface area (Å²) in [6.07, 6.45) is 1.28. The van der Waals surface area contributed by atoms with Crippen molar-refractivity contribution in [2.75, 3.05) is 4.90 Å². The Kier molecular flexibility index (Phi) is 5.11. The van der Waals surface area contributed by atoms with Crippen LogP contribution in [-0.4, -0.2) is 14.2 Å². The van der Waals surface area contributed by atoms with Crippen LogP contribution >= 0.6 is 15.9 Å². The van der Waals surface area contributed by atoms with E-state index in [4.69, 9.17) is 0 Å². The Labute approximate surface area is 182 Å². The summed E-state index contributed by atoms with van der Waals surface area (Å²) >= 11 is 3.40. The molecule has 0 atom stereocenters. The molecule has 152 valence electrons. The lowest BCUT2D eigenvalue weighted by molar-refractivity contribution is 0.104. The molecule has 0 bridgehead atoms. The van der Waals surface area contributed by atoms with Gasteiger partial charge in [0.15, 0.2) is 0 Å². The lowest BCUT2D eigenvalue weighted by atomic mass is 10.0. The number of nitrogens with zero attached hydrogens (tertiary/aromatic N) is 1. The molecule has 0 spiro atoms. The quantitative estimate of drug-likeness (QED) is 0.344. The molecule has 4 nitrogen and oxygen atoms in total. The Morgan fingerprint density at radius 2 is 1.77 bits per heavy atom. The first-order valence-corrected chi connectivity index (χ1v) is 11.4. The molecule has 0 N–H and O–H groups in total. The monoisotopic (exact) mass is 485 g/mol. The Morgan fingerprint density at radius 3 is 2.47 bits per heavy atom. The second-order valence-corrected chi connectivity index (χ2v) is 9.91. The van der Waals surface area contributed by atoms with Gasteiger partial charge >= 0.3 is 0 Å². The van der Waals surface area contributed by atoms with E-state index in [1.807, 2.05) is 19.1 Å². The number of ketones is 1. The zero-order valence-electron chi connectivity index (χ0n) is 16.2. The Hall–Kier alpha value is -2.77. The van der Waals surface area contributed by atoms with Crippen molar-refractivity contribution in [1.29, 1.82) is 0 Å². The van der Waals surface area contributed by atoms with Crippen LogP contribution in [-0.2, 0) is 9.84 Å². The summed E-state index contributed by atoms with van der Waals surface area (Å²) < 4.78 is 41.4. The van der Waals surface area contributed by atoms with Crippen LogP contribution in [0, 0.1) is 19.7 Å². The van der Waals surface area contributed by atoms with Crippen LogP contribution in [0.5, 0.6) is 0 Å². The van der Waals surface area contributed by atoms with Gasteiger partial charge < -0.3 is 4.90 Å². The van der Waals surface area contributed by atoms with Gasteiger partial charge in [0.1, 0.15) is 10.7 Å². The summed E-state index contributed by atoms with van der Waals surface area (Å²) in [5.41, 5.74) is 2.73. The Morgan fingerprint density at radius 1 is 1.00 bits per heavy atom. The Balaban J connectivity index is 1.96. The predicted molar refractivity (Wildman–Crippen MR) is 118 cm³/mol. The van der Waals surface area contributed by atoms with Crippen molar-refractivity contribution >= 4 is 42.9 Å². The van der Waals surface area contributed by atoms with E-state index in [2.05, 4.69) is 15.9 Å². The minimum Gasteiger partial charge on any atom is -0.314 e. The molecule has 1 aliphatic heterocycles. The van der Waals surface area contributed by atoms with E-state index in [-0.39, 0.29) is 15.5 Å². The number of hydrogen-bond acceptors (Lipinski definition) is 4. The number of fused-ring (bicyclic) bond motifs is 1. The van der Waals surface area contributed by atoms with Crippen LogP contribution in [0.15, 0.2) is 81.1 Å². The molecule has 3 aromatic rings. The van der Waals surface area contributed by atoms with Gasteiger partial charge in [0.05, 0.1) is 10.6 Å². The third-order valence-corrected chi connectivity index (χ3v) is 7.23. The number of carbonyl (C=O) groups excluding carboxylic acids is 1. The molecule has 0 fully saturated rings. The largest absolute Gasteiger partial charge is 0.314 e.